The van der Waals surface area contributed by atoms with Crippen molar-refractivity contribution in [3.8, 4) is 11.4 Å². The molecule has 0 aliphatic heterocycles. The van der Waals surface area contributed by atoms with Gasteiger partial charge in [0.2, 0.25) is 0 Å². The Morgan fingerprint density at radius 3 is 1.47 bits per heavy atom. The molecule has 0 aliphatic carbocycles. The Morgan fingerprint density at radius 2 is 0.889 bits per heavy atom. The van der Waals surface area contributed by atoms with Crippen LogP contribution in [0.5, 0.6) is 0 Å². The summed E-state index contributed by atoms with van der Waals surface area (Å²) in [5.41, 5.74) is 8.76. The fraction of sp³-hybridized carbons (Fsp3) is 0.118. The van der Waals surface area contributed by atoms with Crippen LogP contribution in [0.4, 0.5) is 0 Å². The number of rotatable bonds is 2. The van der Waals surface area contributed by atoms with Crippen LogP contribution >= 0.6 is 0 Å². The summed E-state index contributed by atoms with van der Waals surface area (Å²) in [5.74, 6) is 0. The first kappa shape index (κ1) is 21.0. The minimum absolute atomic E-state index is 0.0817. The summed E-state index contributed by atoms with van der Waals surface area (Å²) < 4.78 is 4.83. The van der Waals surface area contributed by atoms with Gasteiger partial charge in [0.25, 0.3) is 0 Å². The van der Waals surface area contributed by atoms with Crippen LogP contribution in [-0.2, 0) is 5.41 Å². The maximum atomic E-state index is 2.42. The summed E-state index contributed by atoms with van der Waals surface area (Å²) in [4.78, 5) is 0. The molecule has 0 spiro atoms. The van der Waals surface area contributed by atoms with Crippen LogP contribution in [0.15, 0.2) is 115 Å². The van der Waals surface area contributed by atoms with E-state index in [0.29, 0.717) is 0 Å². The van der Waals surface area contributed by atoms with Gasteiger partial charge in [-0.05, 0) is 65.6 Å². The molecule has 0 fully saturated rings. The quantitative estimate of drug-likeness (QED) is 0.241. The lowest BCUT2D eigenvalue weighted by Gasteiger charge is -2.19. The van der Waals surface area contributed by atoms with Gasteiger partial charge in [0.15, 0.2) is 0 Å². The molecule has 7 rings (SSSR count). The number of benzene rings is 5. The number of nitrogens with zero attached hydrogens (tertiary/aromatic N) is 2. The molecule has 2 nitrogen and oxygen atoms in total. The molecule has 174 valence electrons. The summed E-state index contributed by atoms with van der Waals surface area (Å²) >= 11 is 0. The van der Waals surface area contributed by atoms with E-state index in [1.807, 2.05) is 0 Å². The summed E-state index contributed by atoms with van der Waals surface area (Å²) in [6, 6.07) is 42.0. The number of para-hydroxylation sites is 3. The Labute approximate surface area is 211 Å². The second kappa shape index (κ2) is 7.60. The molecule has 7 aromatic rings. The largest absolute Gasteiger partial charge is 0.309 e. The van der Waals surface area contributed by atoms with Crippen molar-refractivity contribution < 1.29 is 0 Å². The molecule has 2 heterocycles. The van der Waals surface area contributed by atoms with Crippen molar-refractivity contribution >= 4 is 43.6 Å². The van der Waals surface area contributed by atoms with E-state index in [1.165, 1.54) is 60.5 Å². The molecule has 0 amide bonds. The minimum atomic E-state index is 0.0817. The van der Waals surface area contributed by atoms with Gasteiger partial charge in [0, 0.05) is 32.9 Å². The van der Waals surface area contributed by atoms with Crippen LogP contribution < -0.4 is 0 Å². The molecule has 5 aromatic carbocycles. The Bertz CT molecular complexity index is 1900. The van der Waals surface area contributed by atoms with Crippen LogP contribution in [0.25, 0.3) is 55.0 Å². The first-order valence-electron chi connectivity index (χ1n) is 12.6. The predicted octanol–water partition coefficient (Wildman–Crippen LogP) is 9.18. The molecule has 36 heavy (non-hydrogen) atoms. The van der Waals surface area contributed by atoms with Crippen LogP contribution in [0.3, 0.4) is 0 Å². The van der Waals surface area contributed by atoms with E-state index in [1.54, 1.807) is 0 Å². The lowest BCUT2D eigenvalue weighted by Crippen LogP contribution is -2.10. The fourth-order valence-electron chi connectivity index (χ4n) is 5.66. The SMILES string of the molecule is CC(C)(C)c1ccc2c(c1)c1cc3c(cc1n2-c1ccccc1)c1ccccc1n3-c1ccccc1. The number of hydrogen-bond acceptors (Lipinski definition) is 0. The monoisotopic (exact) mass is 464 g/mol. The van der Waals surface area contributed by atoms with E-state index in [4.69, 9.17) is 0 Å². The molecule has 0 saturated heterocycles. The van der Waals surface area contributed by atoms with E-state index in [0.717, 1.165) is 0 Å². The maximum Gasteiger partial charge on any atom is 0.0548 e. The molecular formula is C34H28N2. The standard InChI is InChI=1S/C34H28N2/c1-34(2,3)23-18-19-31-27(20-23)29-22-32-28(21-33(29)36(31)25-14-8-5-9-15-25)26-16-10-11-17-30(26)35(32)24-12-6-4-7-13-24/h4-22H,1-3H3. The third-order valence-electron chi connectivity index (χ3n) is 7.45. The van der Waals surface area contributed by atoms with Gasteiger partial charge in [-0.15, -0.1) is 0 Å². The van der Waals surface area contributed by atoms with Gasteiger partial charge in [-0.2, -0.15) is 0 Å². The molecule has 0 radical (unpaired) electrons. The third-order valence-corrected chi connectivity index (χ3v) is 7.45. The van der Waals surface area contributed by atoms with E-state index in [-0.39, 0.29) is 5.41 Å². The van der Waals surface area contributed by atoms with Gasteiger partial charge >= 0.3 is 0 Å². The molecular weight excluding hydrogens is 436 g/mol. The summed E-state index contributed by atoms with van der Waals surface area (Å²) in [7, 11) is 0. The van der Waals surface area contributed by atoms with Crippen molar-refractivity contribution in [2.24, 2.45) is 0 Å². The second-order valence-corrected chi connectivity index (χ2v) is 10.7. The zero-order chi connectivity index (χ0) is 24.4. The summed E-state index contributed by atoms with van der Waals surface area (Å²) in [5, 5.41) is 5.14. The van der Waals surface area contributed by atoms with Gasteiger partial charge in [-0.25, -0.2) is 0 Å². The molecule has 0 bridgehead atoms. The van der Waals surface area contributed by atoms with Crippen molar-refractivity contribution in [1.82, 2.24) is 9.13 Å². The molecule has 0 aliphatic rings. The van der Waals surface area contributed by atoms with Gasteiger partial charge < -0.3 is 9.13 Å². The zero-order valence-electron chi connectivity index (χ0n) is 20.9. The zero-order valence-corrected chi connectivity index (χ0v) is 20.9. The number of fused-ring (bicyclic) bond motifs is 6. The van der Waals surface area contributed by atoms with E-state index >= 15 is 0 Å². The average molecular weight is 465 g/mol. The van der Waals surface area contributed by atoms with Crippen molar-refractivity contribution in [2.75, 3.05) is 0 Å². The molecule has 0 unspecified atom stereocenters. The molecule has 2 aromatic heterocycles. The highest BCUT2D eigenvalue weighted by Gasteiger charge is 2.20. The highest BCUT2D eigenvalue weighted by atomic mass is 15.0. The Morgan fingerprint density at radius 1 is 0.417 bits per heavy atom. The number of hydrogen-bond donors (Lipinski definition) is 0. The normalized spacial score (nSPS) is 12.3. The van der Waals surface area contributed by atoms with Crippen LogP contribution in [0.2, 0.25) is 0 Å². The Kier molecular flexibility index (Phi) is 4.44. The van der Waals surface area contributed by atoms with Gasteiger partial charge in [-0.3, -0.25) is 0 Å². The maximum absolute atomic E-state index is 2.42. The van der Waals surface area contributed by atoms with Crippen molar-refractivity contribution in [3.05, 3.63) is 121 Å². The lowest BCUT2D eigenvalue weighted by molar-refractivity contribution is 0.591. The Hall–Kier alpha value is -4.30. The first-order chi connectivity index (χ1) is 17.5. The number of aromatic nitrogens is 2. The van der Waals surface area contributed by atoms with Gasteiger partial charge in [0.05, 0.1) is 22.1 Å². The second-order valence-electron chi connectivity index (χ2n) is 10.7. The van der Waals surface area contributed by atoms with Gasteiger partial charge in [-0.1, -0.05) is 81.4 Å². The van der Waals surface area contributed by atoms with E-state index < -0.39 is 0 Å². The smallest absolute Gasteiger partial charge is 0.0548 e. The van der Waals surface area contributed by atoms with Crippen molar-refractivity contribution in [3.63, 3.8) is 0 Å². The minimum Gasteiger partial charge on any atom is -0.309 e. The molecule has 0 atom stereocenters. The Balaban J connectivity index is 1.69. The van der Waals surface area contributed by atoms with Gasteiger partial charge in [0.1, 0.15) is 0 Å². The predicted molar refractivity (Wildman–Crippen MR) is 154 cm³/mol. The van der Waals surface area contributed by atoms with Crippen LogP contribution in [0.1, 0.15) is 26.3 Å². The highest BCUT2D eigenvalue weighted by Crippen LogP contribution is 2.40. The first-order valence-corrected chi connectivity index (χ1v) is 12.6. The van der Waals surface area contributed by atoms with E-state index in [9.17, 15) is 0 Å². The topological polar surface area (TPSA) is 9.86 Å². The van der Waals surface area contributed by atoms with Crippen molar-refractivity contribution in [1.29, 1.82) is 0 Å². The summed E-state index contributed by atoms with van der Waals surface area (Å²) in [6.45, 7) is 6.86. The van der Waals surface area contributed by atoms with Crippen molar-refractivity contribution in [2.45, 2.75) is 26.2 Å². The highest BCUT2D eigenvalue weighted by molar-refractivity contribution is 6.19. The summed E-state index contributed by atoms with van der Waals surface area (Å²) in [6.07, 6.45) is 0. The molecule has 0 N–H and O–H groups in total. The third kappa shape index (κ3) is 3.04. The fourth-order valence-corrected chi connectivity index (χ4v) is 5.66. The molecule has 0 saturated carbocycles. The van der Waals surface area contributed by atoms with Crippen LogP contribution in [-0.4, -0.2) is 9.13 Å². The van der Waals surface area contributed by atoms with Crippen LogP contribution in [0, 0.1) is 0 Å². The average Bonchev–Trinajstić information content (AvgIpc) is 3.39. The lowest BCUT2D eigenvalue weighted by atomic mass is 9.86. The molecule has 2 heteroatoms. The van der Waals surface area contributed by atoms with E-state index in [2.05, 4.69) is 145 Å².